The van der Waals surface area contributed by atoms with E-state index in [0.29, 0.717) is 6.07 Å². The van der Waals surface area contributed by atoms with E-state index >= 15 is 0 Å². The zero-order valence-electron chi connectivity index (χ0n) is 11.4. The highest BCUT2D eigenvalue weighted by Gasteiger charge is 2.15. The molecule has 0 heterocycles. The Balaban J connectivity index is 2.44. The van der Waals surface area contributed by atoms with Crippen LogP contribution in [0.5, 0.6) is 11.5 Å². The van der Waals surface area contributed by atoms with E-state index in [1.165, 1.54) is 6.92 Å². The number of carbonyl (C=O) groups excluding carboxylic acids is 1. The van der Waals surface area contributed by atoms with Crippen LogP contribution >= 0.6 is 0 Å². The van der Waals surface area contributed by atoms with Gasteiger partial charge in [-0.25, -0.2) is 8.78 Å². The topological polar surface area (TPSA) is 86.6 Å². The van der Waals surface area contributed by atoms with Gasteiger partial charge in [-0.1, -0.05) is 0 Å². The standard InChI is InChI=1S/C15H11F2NO4/c1-7-4-12(19)14(21)13(20)6-9(7)15(22)18-11-3-2-8(16)5-10(11)17/h2-6H,1H3,(H,18,22)(H2,19,20,21). The average molecular weight is 307 g/mol. The minimum absolute atomic E-state index is 0.140. The Morgan fingerprint density at radius 3 is 2.36 bits per heavy atom. The summed E-state index contributed by atoms with van der Waals surface area (Å²) in [5.74, 6) is -4.13. The van der Waals surface area contributed by atoms with Gasteiger partial charge in [0.2, 0.25) is 0 Å². The quantitative estimate of drug-likeness (QED) is 0.794. The molecular weight excluding hydrogens is 296 g/mol. The van der Waals surface area contributed by atoms with Crippen molar-refractivity contribution in [2.75, 3.05) is 5.32 Å². The fourth-order valence-corrected chi connectivity index (χ4v) is 1.82. The maximum atomic E-state index is 13.5. The van der Waals surface area contributed by atoms with Gasteiger partial charge in [-0.2, -0.15) is 0 Å². The first-order chi connectivity index (χ1) is 10.3. The van der Waals surface area contributed by atoms with Gasteiger partial charge >= 0.3 is 0 Å². The third-order valence-corrected chi connectivity index (χ3v) is 2.95. The minimum Gasteiger partial charge on any atom is -0.504 e. The number of anilines is 1. The van der Waals surface area contributed by atoms with Crippen molar-refractivity contribution in [1.29, 1.82) is 0 Å². The van der Waals surface area contributed by atoms with Crippen molar-refractivity contribution in [2.45, 2.75) is 6.92 Å². The van der Waals surface area contributed by atoms with E-state index in [2.05, 4.69) is 5.32 Å². The van der Waals surface area contributed by atoms with Crippen LogP contribution in [0, 0.1) is 18.6 Å². The molecule has 5 nitrogen and oxygen atoms in total. The molecule has 0 unspecified atom stereocenters. The van der Waals surface area contributed by atoms with Gasteiger partial charge in [-0.3, -0.25) is 9.59 Å². The summed E-state index contributed by atoms with van der Waals surface area (Å²) in [7, 11) is 0. The SMILES string of the molecule is Cc1cc(O)c(=O)c(O)cc1C(=O)Nc1ccc(F)cc1F. The van der Waals surface area contributed by atoms with Crippen LogP contribution in [0.1, 0.15) is 15.9 Å². The van der Waals surface area contributed by atoms with Crippen molar-refractivity contribution in [3.63, 3.8) is 0 Å². The van der Waals surface area contributed by atoms with Crippen LogP contribution in [0.4, 0.5) is 14.5 Å². The molecule has 114 valence electrons. The first kappa shape index (κ1) is 15.4. The molecule has 0 spiro atoms. The summed E-state index contributed by atoms with van der Waals surface area (Å²) < 4.78 is 26.3. The van der Waals surface area contributed by atoms with Crippen LogP contribution in [-0.2, 0) is 0 Å². The van der Waals surface area contributed by atoms with Crippen molar-refractivity contribution >= 4 is 11.6 Å². The summed E-state index contributed by atoms with van der Waals surface area (Å²) in [6.45, 7) is 1.43. The molecule has 0 atom stereocenters. The molecule has 0 aliphatic rings. The van der Waals surface area contributed by atoms with Crippen molar-refractivity contribution in [3.8, 4) is 11.5 Å². The molecule has 0 aliphatic carbocycles. The van der Waals surface area contributed by atoms with Crippen molar-refractivity contribution in [2.24, 2.45) is 0 Å². The second kappa shape index (κ2) is 5.80. The molecule has 2 aromatic rings. The van der Waals surface area contributed by atoms with Crippen molar-refractivity contribution in [1.82, 2.24) is 0 Å². The van der Waals surface area contributed by atoms with Crippen LogP contribution in [0.15, 0.2) is 35.1 Å². The number of amides is 1. The number of hydrogen-bond donors (Lipinski definition) is 3. The molecule has 0 aliphatic heterocycles. The lowest BCUT2D eigenvalue weighted by Crippen LogP contribution is -2.14. The predicted octanol–water partition coefficient (Wildman–Crippen LogP) is 2.30. The highest BCUT2D eigenvalue weighted by atomic mass is 19.1. The van der Waals surface area contributed by atoms with Gasteiger partial charge in [0.05, 0.1) is 5.69 Å². The smallest absolute Gasteiger partial charge is 0.261 e. The van der Waals surface area contributed by atoms with Gasteiger partial charge in [-0.05, 0) is 36.8 Å². The maximum absolute atomic E-state index is 13.5. The molecule has 7 heteroatoms. The summed E-state index contributed by atoms with van der Waals surface area (Å²) in [4.78, 5) is 23.5. The summed E-state index contributed by atoms with van der Waals surface area (Å²) >= 11 is 0. The van der Waals surface area contributed by atoms with Gasteiger partial charge < -0.3 is 15.5 Å². The molecule has 0 bridgehead atoms. The predicted molar refractivity (Wildman–Crippen MR) is 75.1 cm³/mol. The second-order valence-corrected chi connectivity index (χ2v) is 4.56. The van der Waals surface area contributed by atoms with E-state index in [4.69, 9.17) is 0 Å². The first-order valence-corrected chi connectivity index (χ1v) is 6.13. The van der Waals surface area contributed by atoms with Crippen LogP contribution in [0.25, 0.3) is 0 Å². The Morgan fingerprint density at radius 2 is 1.73 bits per heavy atom. The fourth-order valence-electron chi connectivity index (χ4n) is 1.82. The maximum Gasteiger partial charge on any atom is 0.261 e. The number of benzene rings is 1. The number of nitrogens with one attached hydrogen (secondary N) is 1. The third-order valence-electron chi connectivity index (χ3n) is 2.95. The number of hydrogen-bond acceptors (Lipinski definition) is 4. The van der Waals surface area contributed by atoms with Gasteiger partial charge in [0.25, 0.3) is 11.3 Å². The Hall–Kier alpha value is -2.96. The van der Waals surface area contributed by atoms with Crippen LogP contribution in [0.2, 0.25) is 0 Å². The van der Waals surface area contributed by atoms with E-state index in [1.54, 1.807) is 0 Å². The molecule has 1 amide bonds. The van der Waals surface area contributed by atoms with Crippen molar-refractivity contribution in [3.05, 3.63) is 63.3 Å². The summed E-state index contributed by atoms with van der Waals surface area (Å²) in [6.07, 6.45) is 0. The monoisotopic (exact) mass is 307 g/mol. The number of halogens is 2. The summed E-state index contributed by atoms with van der Waals surface area (Å²) in [6, 6.07) is 4.49. The van der Waals surface area contributed by atoms with Crippen LogP contribution in [0.3, 0.4) is 0 Å². The third kappa shape index (κ3) is 3.03. The van der Waals surface area contributed by atoms with Crippen LogP contribution in [-0.4, -0.2) is 16.1 Å². The van der Waals surface area contributed by atoms with Gasteiger partial charge in [-0.15, -0.1) is 0 Å². The average Bonchev–Trinajstić information content (AvgIpc) is 2.54. The highest BCUT2D eigenvalue weighted by molar-refractivity contribution is 6.05. The Labute approximate surface area is 123 Å². The zero-order chi connectivity index (χ0) is 16.4. The molecule has 0 radical (unpaired) electrons. The van der Waals surface area contributed by atoms with Gasteiger partial charge in [0.15, 0.2) is 11.5 Å². The van der Waals surface area contributed by atoms with Gasteiger partial charge in [0, 0.05) is 11.6 Å². The second-order valence-electron chi connectivity index (χ2n) is 4.56. The lowest BCUT2D eigenvalue weighted by atomic mass is 10.1. The molecular formula is C15H11F2NO4. The number of aryl methyl sites for hydroxylation is 1. The highest BCUT2D eigenvalue weighted by Crippen LogP contribution is 2.19. The van der Waals surface area contributed by atoms with E-state index < -0.39 is 34.5 Å². The van der Waals surface area contributed by atoms with Crippen LogP contribution < -0.4 is 10.7 Å². The van der Waals surface area contributed by atoms with E-state index in [9.17, 15) is 28.6 Å². The Bertz CT molecular complexity index is 821. The molecule has 3 N–H and O–H groups in total. The number of aromatic hydroxyl groups is 2. The molecule has 2 rings (SSSR count). The molecule has 2 aromatic carbocycles. The minimum atomic E-state index is -1.03. The fraction of sp³-hybridized carbons (Fsp3) is 0.0667. The molecule has 0 aromatic heterocycles. The Kier molecular flexibility index (Phi) is 4.07. The summed E-state index contributed by atoms with van der Waals surface area (Å²) in [5, 5.41) is 21.1. The van der Waals surface area contributed by atoms with E-state index in [1.807, 2.05) is 0 Å². The van der Waals surface area contributed by atoms with E-state index in [0.717, 1.165) is 24.3 Å². The lowest BCUT2D eigenvalue weighted by molar-refractivity contribution is 0.102. The molecule has 22 heavy (non-hydrogen) atoms. The molecule has 0 saturated carbocycles. The molecule has 0 fully saturated rings. The summed E-state index contributed by atoms with van der Waals surface area (Å²) in [5.41, 5.74) is -1.24. The van der Waals surface area contributed by atoms with E-state index in [-0.39, 0.29) is 16.8 Å². The first-order valence-electron chi connectivity index (χ1n) is 6.13. The van der Waals surface area contributed by atoms with Crippen molar-refractivity contribution < 1.29 is 23.8 Å². The largest absolute Gasteiger partial charge is 0.504 e. The number of rotatable bonds is 2. The number of carbonyl (C=O) groups is 1. The molecule has 0 saturated heterocycles. The Morgan fingerprint density at radius 1 is 1.09 bits per heavy atom. The lowest BCUT2D eigenvalue weighted by Gasteiger charge is -2.07. The van der Waals surface area contributed by atoms with Gasteiger partial charge in [0.1, 0.15) is 11.6 Å². The normalized spacial score (nSPS) is 10.3. The zero-order valence-corrected chi connectivity index (χ0v) is 11.4.